The molecule has 8 nitrogen and oxygen atoms in total. The fraction of sp³-hybridized carbons (Fsp3) is 0.375. The topological polar surface area (TPSA) is 105 Å². The summed E-state index contributed by atoms with van der Waals surface area (Å²) in [4.78, 5) is 38.2. The minimum atomic E-state index is -3.16. The lowest BCUT2D eigenvalue weighted by Gasteiger charge is -2.23. The normalized spacial score (nSPS) is 21.4. The molecule has 2 aromatic carbocycles. The summed E-state index contributed by atoms with van der Waals surface area (Å²) in [5.74, 6) is -6.73. The molecule has 10 heteroatoms. The zero-order valence-electron chi connectivity index (χ0n) is 18.3. The number of carbonyl (C=O) groups excluding carboxylic acids is 2. The second-order valence-electron chi connectivity index (χ2n) is 8.75. The van der Waals surface area contributed by atoms with Crippen molar-refractivity contribution in [1.29, 1.82) is 0 Å². The van der Waals surface area contributed by atoms with Crippen LogP contribution in [0.1, 0.15) is 33.5 Å². The van der Waals surface area contributed by atoms with E-state index >= 15 is 0 Å². The SMILES string of the molecule is Cc1ccc2c(c1)C(F)(F)c1ccc(C(=O)NCC(=O)N3CC4(CC3C(=O)O)OCCO4)cc1-2. The number of fused-ring (bicyclic) bond motifs is 3. The minimum Gasteiger partial charge on any atom is -0.480 e. The van der Waals surface area contributed by atoms with Gasteiger partial charge in [0.2, 0.25) is 5.91 Å². The Bertz CT molecular complexity index is 1210. The minimum absolute atomic E-state index is 0.0000628. The monoisotopic (exact) mass is 472 g/mol. The van der Waals surface area contributed by atoms with Crippen molar-refractivity contribution in [1.82, 2.24) is 10.2 Å². The van der Waals surface area contributed by atoms with Crippen molar-refractivity contribution >= 4 is 17.8 Å². The molecule has 0 radical (unpaired) electrons. The van der Waals surface area contributed by atoms with Crippen LogP contribution in [0.25, 0.3) is 11.1 Å². The Hall–Kier alpha value is -3.37. The van der Waals surface area contributed by atoms with Crippen LogP contribution in [0.3, 0.4) is 0 Å². The van der Waals surface area contributed by atoms with Gasteiger partial charge in [-0.25, -0.2) is 4.79 Å². The van der Waals surface area contributed by atoms with E-state index in [1.165, 1.54) is 24.3 Å². The molecule has 2 amide bonds. The first kappa shape index (κ1) is 22.4. The van der Waals surface area contributed by atoms with E-state index in [2.05, 4.69) is 5.32 Å². The molecule has 178 valence electrons. The van der Waals surface area contributed by atoms with Crippen LogP contribution < -0.4 is 5.32 Å². The number of aryl methyl sites for hydroxylation is 1. The van der Waals surface area contributed by atoms with E-state index in [4.69, 9.17) is 9.47 Å². The summed E-state index contributed by atoms with van der Waals surface area (Å²) in [5, 5.41) is 12.0. The number of nitrogens with zero attached hydrogens (tertiary/aromatic N) is 1. The average molecular weight is 472 g/mol. The molecule has 1 aliphatic carbocycles. The highest BCUT2D eigenvalue weighted by Crippen LogP contribution is 2.51. The number of likely N-dealkylation sites (tertiary alicyclic amines) is 1. The van der Waals surface area contributed by atoms with Gasteiger partial charge in [0.15, 0.2) is 5.79 Å². The first-order chi connectivity index (χ1) is 16.1. The molecule has 2 saturated heterocycles. The van der Waals surface area contributed by atoms with Crippen molar-refractivity contribution in [2.24, 2.45) is 0 Å². The lowest BCUT2D eigenvalue weighted by Crippen LogP contribution is -2.46. The van der Waals surface area contributed by atoms with Crippen LogP contribution >= 0.6 is 0 Å². The van der Waals surface area contributed by atoms with Crippen LogP contribution in [0.15, 0.2) is 36.4 Å². The zero-order chi connectivity index (χ0) is 24.3. The average Bonchev–Trinajstić information content (AvgIpc) is 3.48. The van der Waals surface area contributed by atoms with Gasteiger partial charge in [-0.3, -0.25) is 9.59 Å². The maximum Gasteiger partial charge on any atom is 0.326 e. The molecular formula is C24H22F2N2O6. The van der Waals surface area contributed by atoms with E-state index in [0.29, 0.717) is 24.3 Å². The summed E-state index contributed by atoms with van der Waals surface area (Å²) in [6, 6.07) is 7.54. The molecule has 0 aromatic heterocycles. The highest BCUT2D eigenvalue weighted by atomic mass is 19.3. The van der Waals surface area contributed by atoms with Gasteiger partial charge in [-0.05, 0) is 36.2 Å². The second kappa shape index (κ2) is 7.85. The summed E-state index contributed by atoms with van der Waals surface area (Å²) in [6.07, 6.45) is -0.0000628. The smallest absolute Gasteiger partial charge is 0.326 e. The number of halogens is 2. The number of hydrogen-bond donors (Lipinski definition) is 2. The number of carboxylic acid groups (broad SMARTS) is 1. The number of rotatable bonds is 4. The molecule has 2 aliphatic heterocycles. The van der Waals surface area contributed by atoms with E-state index in [0.717, 1.165) is 4.90 Å². The number of carboxylic acids is 1. The molecule has 2 fully saturated rings. The van der Waals surface area contributed by atoms with E-state index in [9.17, 15) is 28.3 Å². The van der Waals surface area contributed by atoms with E-state index in [1.54, 1.807) is 19.1 Å². The molecule has 2 N–H and O–H groups in total. The van der Waals surface area contributed by atoms with Gasteiger partial charge in [0.25, 0.3) is 11.8 Å². The Morgan fingerprint density at radius 3 is 2.53 bits per heavy atom. The van der Waals surface area contributed by atoms with Crippen LogP contribution in [-0.2, 0) is 25.0 Å². The molecule has 0 saturated carbocycles. The summed E-state index contributed by atoms with van der Waals surface area (Å²) in [7, 11) is 0. The zero-order valence-corrected chi connectivity index (χ0v) is 18.3. The van der Waals surface area contributed by atoms with Crippen LogP contribution in [0.2, 0.25) is 0 Å². The van der Waals surface area contributed by atoms with Gasteiger partial charge in [0.1, 0.15) is 6.04 Å². The second-order valence-corrected chi connectivity index (χ2v) is 8.75. The predicted octanol–water partition coefficient (Wildman–Crippen LogP) is 2.27. The summed E-state index contributed by atoms with van der Waals surface area (Å²) >= 11 is 0. The quantitative estimate of drug-likeness (QED) is 0.708. The van der Waals surface area contributed by atoms with Crippen LogP contribution in [-0.4, -0.2) is 65.9 Å². The van der Waals surface area contributed by atoms with Gasteiger partial charge < -0.3 is 24.8 Å². The molecule has 0 bridgehead atoms. The van der Waals surface area contributed by atoms with Gasteiger partial charge >= 0.3 is 5.97 Å². The third kappa shape index (κ3) is 3.54. The van der Waals surface area contributed by atoms with Gasteiger partial charge in [-0.1, -0.05) is 23.8 Å². The van der Waals surface area contributed by atoms with Crippen molar-refractivity contribution in [3.05, 3.63) is 58.7 Å². The van der Waals surface area contributed by atoms with Crippen molar-refractivity contribution in [3.8, 4) is 11.1 Å². The highest BCUT2D eigenvalue weighted by molar-refractivity contribution is 5.99. The molecule has 1 unspecified atom stereocenters. The van der Waals surface area contributed by atoms with Crippen molar-refractivity contribution in [2.75, 3.05) is 26.3 Å². The Labute approximate surface area is 193 Å². The van der Waals surface area contributed by atoms with Crippen LogP contribution in [0, 0.1) is 6.92 Å². The predicted molar refractivity (Wildman–Crippen MR) is 114 cm³/mol. The molecular weight excluding hydrogens is 450 g/mol. The Morgan fingerprint density at radius 1 is 1.09 bits per heavy atom. The standard InChI is InChI=1S/C24H22F2N2O6/c1-13-2-4-15-16-9-14(3-5-17(16)24(25,26)18(15)8-13)21(30)27-11-20(29)28-12-23(33-6-7-34-23)10-19(28)22(31)32/h2-5,8-9,19H,6-7,10-12H2,1H3,(H,27,30)(H,31,32). The van der Waals surface area contributed by atoms with Gasteiger partial charge in [-0.2, -0.15) is 8.78 Å². The maximum absolute atomic E-state index is 14.9. The molecule has 2 heterocycles. The van der Waals surface area contributed by atoms with E-state index < -0.39 is 42.1 Å². The summed E-state index contributed by atoms with van der Waals surface area (Å²) in [6.45, 7) is 1.85. The van der Waals surface area contributed by atoms with E-state index in [-0.39, 0.29) is 35.2 Å². The third-order valence-electron chi connectivity index (χ3n) is 6.53. The number of hydrogen-bond acceptors (Lipinski definition) is 5. The van der Waals surface area contributed by atoms with E-state index in [1.807, 2.05) is 0 Å². The first-order valence-electron chi connectivity index (χ1n) is 10.8. The molecule has 1 spiro atoms. The lowest BCUT2D eigenvalue weighted by atomic mass is 10.0. The van der Waals surface area contributed by atoms with Crippen molar-refractivity contribution < 1.29 is 37.7 Å². The number of nitrogens with one attached hydrogen (secondary N) is 1. The fourth-order valence-corrected chi connectivity index (χ4v) is 4.87. The number of benzene rings is 2. The Kier molecular flexibility index (Phi) is 5.18. The van der Waals surface area contributed by atoms with Crippen LogP contribution in [0.4, 0.5) is 8.78 Å². The number of ether oxygens (including phenoxy) is 2. The van der Waals surface area contributed by atoms with Crippen molar-refractivity contribution in [3.63, 3.8) is 0 Å². The van der Waals surface area contributed by atoms with Crippen molar-refractivity contribution in [2.45, 2.75) is 31.1 Å². The first-order valence-corrected chi connectivity index (χ1v) is 10.8. The lowest BCUT2D eigenvalue weighted by molar-refractivity contribution is -0.152. The number of carbonyl (C=O) groups is 3. The molecule has 5 rings (SSSR count). The maximum atomic E-state index is 14.9. The summed E-state index contributed by atoms with van der Waals surface area (Å²) < 4.78 is 40.8. The fourth-order valence-electron chi connectivity index (χ4n) is 4.87. The van der Waals surface area contributed by atoms with Gasteiger partial charge in [-0.15, -0.1) is 0 Å². The number of amides is 2. The Balaban J connectivity index is 1.31. The Morgan fingerprint density at radius 2 is 1.82 bits per heavy atom. The largest absolute Gasteiger partial charge is 0.480 e. The third-order valence-corrected chi connectivity index (χ3v) is 6.53. The molecule has 2 aromatic rings. The summed E-state index contributed by atoms with van der Waals surface area (Å²) in [5.41, 5.74) is 1.17. The van der Waals surface area contributed by atoms with Crippen LogP contribution in [0.5, 0.6) is 0 Å². The molecule has 1 atom stereocenters. The number of aliphatic carboxylic acids is 1. The molecule has 34 heavy (non-hydrogen) atoms. The highest BCUT2D eigenvalue weighted by Gasteiger charge is 2.52. The van der Waals surface area contributed by atoms with Gasteiger partial charge in [0, 0.05) is 23.1 Å². The van der Waals surface area contributed by atoms with Gasteiger partial charge in [0.05, 0.1) is 26.3 Å². The molecule has 3 aliphatic rings. The number of alkyl halides is 2.